The quantitative estimate of drug-likeness (QED) is 0.0169. The van der Waals surface area contributed by atoms with Crippen molar-refractivity contribution in [3.8, 4) is 0 Å². The summed E-state index contributed by atoms with van der Waals surface area (Å²) in [6.07, 6.45) is 85.9. The van der Waals surface area contributed by atoms with Gasteiger partial charge in [0.15, 0.2) is 12.2 Å². The van der Waals surface area contributed by atoms with Crippen molar-refractivity contribution in [3.63, 3.8) is 0 Å². The Hall–Kier alpha value is -4.80. The molecule has 5 unspecified atom stereocenters. The molecule has 0 saturated carbocycles. The number of carbonyl (C=O) groups excluding carboxylic acids is 4. The summed E-state index contributed by atoms with van der Waals surface area (Å²) in [6.45, 7) is 4.54. The van der Waals surface area contributed by atoms with Crippen LogP contribution in [-0.2, 0) is 65.4 Å². The zero-order valence-corrected chi connectivity index (χ0v) is 66.9. The summed E-state index contributed by atoms with van der Waals surface area (Å²) in [5, 5.41) is 10.6. The molecule has 0 heterocycles. The second-order valence-electron chi connectivity index (χ2n) is 26.6. The third kappa shape index (κ3) is 75.4. The number of phosphoric ester groups is 2. The molecular formula is C85H144O17P2. The maximum Gasteiger partial charge on any atom is 0.472 e. The second-order valence-corrected chi connectivity index (χ2v) is 29.5. The molecule has 5 atom stereocenters. The number of rotatable bonds is 75. The van der Waals surface area contributed by atoms with Gasteiger partial charge < -0.3 is 33.8 Å². The molecule has 0 aliphatic carbocycles. The van der Waals surface area contributed by atoms with Crippen molar-refractivity contribution in [1.82, 2.24) is 0 Å². The Balaban J connectivity index is 5.39. The van der Waals surface area contributed by atoms with E-state index in [2.05, 4.69) is 143 Å². The Morgan fingerprint density at radius 1 is 0.279 bits per heavy atom. The van der Waals surface area contributed by atoms with Crippen molar-refractivity contribution in [3.05, 3.63) is 134 Å². The fourth-order valence-electron chi connectivity index (χ4n) is 10.5. The lowest BCUT2D eigenvalue weighted by molar-refractivity contribution is -0.161. The number of ether oxygens (including phenoxy) is 4. The molecule has 596 valence electrons. The maximum absolute atomic E-state index is 13.1. The molecule has 0 aliphatic rings. The van der Waals surface area contributed by atoms with E-state index in [1.807, 2.05) is 18.2 Å². The predicted molar refractivity (Wildman–Crippen MR) is 427 cm³/mol. The van der Waals surface area contributed by atoms with E-state index in [-0.39, 0.29) is 25.7 Å². The van der Waals surface area contributed by atoms with Crippen LogP contribution in [-0.4, -0.2) is 96.7 Å². The van der Waals surface area contributed by atoms with E-state index in [4.69, 9.17) is 37.0 Å². The van der Waals surface area contributed by atoms with Gasteiger partial charge >= 0.3 is 39.5 Å². The van der Waals surface area contributed by atoms with Gasteiger partial charge in [0.05, 0.1) is 26.4 Å². The molecule has 0 aromatic heterocycles. The summed E-state index contributed by atoms with van der Waals surface area (Å²) < 4.78 is 68.5. The normalized spacial score (nSPS) is 14.6. The van der Waals surface area contributed by atoms with Crippen molar-refractivity contribution >= 4 is 39.5 Å². The van der Waals surface area contributed by atoms with Gasteiger partial charge in [0.2, 0.25) is 0 Å². The second kappa shape index (κ2) is 76.4. The number of unbranched alkanes of at least 4 members (excludes halogenated alkanes) is 27. The van der Waals surface area contributed by atoms with Gasteiger partial charge in [0, 0.05) is 25.7 Å². The number of phosphoric acid groups is 2. The average Bonchev–Trinajstić information content (AvgIpc) is 0.931. The van der Waals surface area contributed by atoms with Gasteiger partial charge in [0.1, 0.15) is 19.3 Å². The number of carbonyl (C=O) groups is 4. The minimum Gasteiger partial charge on any atom is -0.462 e. The molecule has 0 fully saturated rings. The van der Waals surface area contributed by atoms with E-state index in [9.17, 15) is 43.2 Å². The zero-order valence-electron chi connectivity index (χ0n) is 65.2. The van der Waals surface area contributed by atoms with Crippen LogP contribution < -0.4 is 0 Å². The van der Waals surface area contributed by atoms with Crippen molar-refractivity contribution in [1.29, 1.82) is 0 Å². The van der Waals surface area contributed by atoms with Crippen molar-refractivity contribution in [2.75, 3.05) is 39.6 Å². The van der Waals surface area contributed by atoms with E-state index >= 15 is 0 Å². The Kier molecular flexibility index (Phi) is 72.9. The van der Waals surface area contributed by atoms with E-state index < -0.39 is 97.5 Å². The lowest BCUT2D eigenvalue weighted by Gasteiger charge is -2.21. The number of esters is 4. The summed E-state index contributed by atoms with van der Waals surface area (Å²) in [5.41, 5.74) is 0. The monoisotopic (exact) mass is 1500 g/mol. The fraction of sp³-hybridized carbons (Fsp3) is 0.694. The molecule has 19 heteroatoms. The topological polar surface area (TPSA) is 237 Å². The van der Waals surface area contributed by atoms with Crippen LogP contribution in [0.15, 0.2) is 134 Å². The van der Waals surface area contributed by atoms with Gasteiger partial charge in [-0.25, -0.2) is 9.13 Å². The highest BCUT2D eigenvalue weighted by molar-refractivity contribution is 7.47. The Morgan fingerprint density at radius 2 is 0.519 bits per heavy atom. The number of aliphatic hydroxyl groups excluding tert-OH is 1. The predicted octanol–water partition coefficient (Wildman–Crippen LogP) is 23.7. The largest absolute Gasteiger partial charge is 0.472 e. The van der Waals surface area contributed by atoms with Gasteiger partial charge in [-0.15, -0.1) is 0 Å². The first-order chi connectivity index (χ1) is 50.7. The molecule has 0 rings (SSSR count). The molecule has 0 bridgehead atoms. The summed E-state index contributed by atoms with van der Waals surface area (Å²) in [5.74, 6) is -2.29. The molecule has 0 aromatic rings. The van der Waals surface area contributed by atoms with Crippen LogP contribution >= 0.6 is 15.6 Å². The van der Waals surface area contributed by atoms with Crippen LogP contribution in [0.3, 0.4) is 0 Å². The van der Waals surface area contributed by atoms with Crippen LogP contribution in [0, 0.1) is 0 Å². The smallest absolute Gasteiger partial charge is 0.462 e. The molecule has 0 saturated heterocycles. The van der Waals surface area contributed by atoms with Crippen molar-refractivity contribution < 1.29 is 80.2 Å². The minimum atomic E-state index is -4.99. The van der Waals surface area contributed by atoms with Crippen molar-refractivity contribution in [2.24, 2.45) is 0 Å². The van der Waals surface area contributed by atoms with Gasteiger partial charge in [-0.2, -0.15) is 0 Å². The van der Waals surface area contributed by atoms with Gasteiger partial charge in [-0.3, -0.25) is 37.3 Å². The lowest BCUT2D eigenvalue weighted by Crippen LogP contribution is -2.30. The summed E-state index contributed by atoms with van der Waals surface area (Å²) in [7, 11) is -9.98. The SMILES string of the molecule is CC/C=C\C/C=C\C/C=C\C/C=C\C/C=C\C/C=C\CCC(=O)OCC(COP(=O)(O)OCC(O)COP(=O)(O)OCC(COC(=O)CCCCCCCC/C=C\C/C=C\C/C=C\C/C=C\CC)OC(=O)CCCCCCC/C=C\CCCCCCCC)OC(=O)CCCCCCCCCCCCC. The molecule has 104 heavy (non-hydrogen) atoms. The van der Waals surface area contributed by atoms with Crippen molar-refractivity contribution in [2.45, 2.75) is 341 Å². The first-order valence-corrected chi connectivity index (χ1v) is 43.4. The molecule has 17 nitrogen and oxygen atoms in total. The summed E-state index contributed by atoms with van der Waals surface area (Å²) >= 11 is 0. The standard InChI is InChI=1S/C85H144O17P2/c1-5-9-13-17-21-25-29-32-35-37-39-41-44-46-50-53-57-61-65-69-82(87)95-75-80(101-84(89)71-67-63-59-55-49-28-24-20-16-12-8-4)77-99-103(91,92)97-73-79(86)74-98-104(93,94)100-78-81(102-85(90)72-68-64-60-56-52-48-43-34-31-27-23-19-15-11-7-3)76-96-83(88)70-66-62-58-54-51-47-45-42-40-38-36-33-30-26-22-18-14-10-6-2/h9-10,13-14,21-22,25-26,32-36,39-43,46,50,57,61,79-81,86H,5-8,11-12,15-20,23-24,27-31,37-38,44-45,47-49,51-56,58-60,62-78H2,1-4H3,(H,91,92)(H,93,94)/b13-9-,14-10-,25-21-,26-22-,35-32-,36-33-,41-39-,42-40-,43-34-,50-46-,61-57-. The van der Waals surface area contributed by atoms with Crippen LogP contribution in [0.2, 0.25) is 0 Å². The number of aliphatic hydroxyl groups is 1. The van der Waals surface area contributed by atoms with Crippen LogP contribution in [0.25, 0.3) is 0 Å². The highest BCUT2D eigenvalue weighted by atomic mass is 31.2. The Labute approximate surface area is 631 Å². The molecule has 0 spiro atoms. The van der Waals surface area contributed by atoms with E-state index in [0.29, 0.717) is 32.1 Å². The highest BCUT2D eigenvalue weighted by Gasteiger charge is 2.30. The first-order valence-electron chi connectivity index (χ1n) is 40.4. The number of allylic oxidation sites excluding steroid dienone is 22. The van der Waals surface area contributed by atoms with Gasteiger partial charge in [-0.1, -0.05) is 303 Å². The maximum atomic E-state index is 13.1. The van der Waals surface area contributed by atoms with E-state index in [1.165, 1.54) is 77.0 Å². The first kappa shape index (κ1) is 99.2. The van der Waals surface area contributed by atoms with E-state index in [1.54, 1.807) is 0 Å². The van der Waals surface area contributed by atoms with E-state index in [0.717, 1.165) is 161 Å². The van der Waals surface area contributed by atoms with Gasteiger partial charge in [-0.05, 0) is 128 Å². The highest BCUT2D eigenvalue weighted by Crippen LogP contribution is 2.45. The third-order valence-electron chi connectivity index (χ3n) is 16.6. The molecular weight excluding hydrogens is 1350 g/mol. The molecule has 0 aliphatic heterocycles. The Bertz CT molecular complexity index is 2490. The Morgan fingerprint density at radius 3 is 0.837 bits per heavy atom. The molecule has 0 radical (unpaired) electrons. The van der Waals surface area contributed by atoms with Crippen LogP contribution in [0.5, 0.6) is 0 Å². The molecule has 3 N–H and O–H groups in total. The lowest BCUT2D eigenvalue weighted by atomic mass is 10.1. The number of hydrogen-bond acceptors (Lipinski definition) is 15. The minimum absolute atomic E-state index is 0.0354. The molecule has 0 amide bonds. The average molecular weight is 1500 g/mol. The zero-order chi connectivity index (χ0) is 76.0. The van der Waals surface area contributed by atoms with Crippen LogP contribution in [0.1, 0.15) is 323 Å². The fourth-order valence-corrected chi connectivity index (χ4v) is 12.1. The van der Waals surface area contributed by atoms with Gasteiger partial charge in [0.25, 0.3) is 0 Å². The van der Waals surface area contributed by atoms with Crippen LogP contribution in [0.4, 0.5) is 0 Å². The summed E-state index contributed by atoms with van der Waals surface area (Å²) in [4.78, 5) is 73.0. The third-order valence-corrected chi connectivity index (χ3v) is 18.5. The molecule has 0 aromatic carbocycles. The number of hydrogen-bond donors (Lipinski definition) is 3. The summed E-state index contributed by atoms with van der Waals surface area (Å²) in [6, 6.07) is 0.